The van der Waals surface area contributed by atoms with Crippen LogP contribution in [0.2, 0.25) is 5.02 Å². The van der Waals surface area contributed by atoms with Gasteiger partial charge in [0.15, 0.2) is 0 Å². The molecule has 0 atom stereocenters. The van der Waals surface area contributed by atoms with Crippen LogP contribution in [-0.4, -0.2) is 5.91 Å². The summed E-state index contributed by atoms with van der Waals surface area (Å²) in [4.78, 5) is 12.2. The number of hydrogen-bond donors (Lipinski definition) is 1. The zero-order valence-corrected chi connectivity index (χ0v) is 13.3. The quantitative estimate of drug-likeness (QED) is 0.780. The average molecular weight is 314 g/mol. The predicted molar refractivity (Wildman–Crippen MR) is 91.7 cm³/mol. The smallest absolute Gasteiger partial charge is 0.255 e. The first-order valence-corrected chi connectivity index (χ1v) is 8.27. The van der Waals surface area contributed by atoms with Crippen LogP contribution >= 0.6 is 11.6 Å². The van der Waals surface area contributed by atoms with Gasteiger partial charge in [-0.05, 0) is 60.7 Å². The van der Waals surface area contributed by atoms with Gasteiger partial charge in [-0.2, -0.15) is 0 Å². The number of anilines is 1. The Morgan fingerprint density at radius 1 is 0.909 bits per heavy atom. The van der Waals surface area contributed by atoms with Gasteiger partial charge in [-0.25, -0.2) is 0 Å². The van der Waals surface area contributed by atoms with Gasteiger partial charge in [-0.3, -0.25) is 4.79 Å². The molecular weight excluding hydrogens is 294 g/mol. The van der Waals surface area contributed by atoms with Gasteiger partial charge < -0.3 is 5.32 Å². The first-order chi connectivity index (χ1) is 10.7. The second kappa shape index (κ2) is 6.97. The molecule has 0 bridgehead atoms. The summed E-state index contributed by atoms with van der Waals surface area (Å²) in [5.74, 6) is 0.580. The van der Waals surface area contributed by atoms with E-state index in [9.17, 15) is 4.79 Å². The second-order valence-corrected chi connectivity index (χ2v) is 6.35. The monoisotopic (exact) mass is 313 g/mol. The third-order valence-corrected chi connectivity index (χ3v) is 4.60. The van der Waals surface area contributed by atoms with E-state index < -0.39 is 0 Å². The highest BCUT2D eigenvalue weighted by molar-refractivity contribution is 6.30. The van der Waals surface area contributed by atoms with E-state index in [0.29, 0.717) is 16.5 Å². The van der Waals surface area contributed by atoms with Crippen molar-refractivity contribution in [3.05, 3.63) is 64.7 Å². The van der Waals surface area contributed by atoms with Crippen LogP contribution < -0.4 is 5.32 Å². The minimum absolute atomic E-state index is 0.109. The molecule has 3 heteroatoms. The zero-order chi connectivity index (χ0) is 15.4. The summed E-state index contributed by atoms with van der Waals surface area (Å²) in [6.07, 6.45) is 6.61. The molecule has 0 aromatic heterocycles. The van der Waals surface area contributed by atoms with Crippen molar-refractivity contribution in [2.45, 2.75) is 38.0 Å². The Balaban J connectivity index is 1.65. The first-order valence-electron chi connectivity index (χ1n) is 7.89. The topological polar surface area (TPSA) is 29.1 Å². The molecular formula is C19H20ClNO. The van der Waals surface area contributed by atoms with Gasteiger partial charge in [-0.1, -0.05) is 43.0 Å². The molecule has 1 aliphatic rings. The minimum Gasteiger partial charge on any atom is -0.322 e. The van der Waals surface area contributed by atoms with E-state index in [1.54, 1.807) is 24.3 Å². The molecule has 1 N–H and O–H groups in total. The van der Waals surface area contributed by atoms with Crippen molar-refractivity contribution in [3.63, 3.8) is 0 Å². The molecule has 2 aromatic rings. The minimum atomic E-state index is -0.109. The molecule has 1 amide bonds. The Hall–Kier alpha value is -1.80. The number of hydrogen-bond acceptors (Lipinski definition) is 1. The highest BCUT2D eigenvalue weighted by Gasteiger charge is 2.15. The Bertz CT molecular complexity index is 627. The molecule has 0 spiro atoms. The Labute approximate surface area is 136 Å². The first kappa shape index (κ1) is 15.1. The lowest BCUT2D eigenvalue weighted by Gasteiger charge is -2.22. The van der Waals surface area contributed by atoms with Crippen LogP contribution in [-0.2, 0) is 0 Å². The number of benzene rings is 2. The van der Waals surface area contributed by atoms with Gasteiger partial charge in [0.1, 0.15) is 0 Å². The highest BCUT2D eigenvalue weighted by atomic mass is 35.5. The van der Waals surface area contributed by atoms with Crippen LogP contribution in [0, 0.1) is 0 Å². The van der Waals surface area contributed by atoms with Crippen molar-refractivity contribution < 1.29 is 4.79 Å². The molecule has 1 saturated carbocycles. The molecule has 3 rings (SSSR count). The van der Waals surface area contributed by atoms with Crippen molar-refractivity contribution in [3.8, 4) is 0 Å². The molecule has 0 aliphatic heterocycles. The van der Waals surface area contributed by atoms with E-state index in [1.807, 2.05) is 12.1 Å². The molecule has 22 heavy (non-hydrogen) atoms. The molecule has 2 aromatic carbocycles. The Kier molecular flexibility index (Phi) is 4.79. The highest BCUT2D eigenvalue weighted by Crippen LogP contribution is 2.33. The van der Waals surface area contributed by atoms with Gasteiger partial charge in [0.2, 0.25) is 0 Å². The van der Waals surface area contributed by atoms with Crippen LogP contribution in [0.3, 0.4) is 0 Å². The van der Waals surface area contributed by atoms with E-state index in [4.69, 9.17) is 11.6 Å². The Morgan fingerprint density at radius 3 is 2.18 bits per heavy atom. The fourth-order valence-electron chi connectivity index (χ4n) is 3.08. The Morgan fingerprint density at radius 2 is 1.55 bits per heavy atom. The molecule has 0 heterocycles. The van der Waals surface area contributed by atoms with Crippen molar-refractivity contribution >= 4 is 23.2 Å². The lowest BCUT2D eigenvalue weighted by atomic mass is 9.84. The summed E-state index contributed by atoms with van der Waals surface area (Å²) >= 11 is 5.84. The van der Waals surface area contributed by atoms with Crippen molar-refractivity contribution in [2.75, 3.05) is 5.32 Å². The lowest BCUT2D eigenvalue weighted by Crippen LogP contribution is -2.12. The predicted octanol–water partition coefficient (Wildman–Crippen LogP) is 5.64. The van der Waals surface area contributed by atoms with Crippen molar-refractivity contribution in [2.24, 2.45) is 0 Å². The number of carbonyl (C=O) groups is 1. The van der Waals surface area contributed by atoms with Crippen LogP contribution in [0.4, 0.5) is 5.69 Å². The molecule has 0 unspecified atom stereocenters. The summed E-state index contributed by atoms with van der Waals surface area (Å²) in [6.45, 7) is 0. The largest absolute Gasteiger partial charge is 0.322 e. The standard InChI is InChI=1S/C19H20ClNO/c20-17-10-6-16(7-11-17)19(22)21-18-12-8-15(9-13-18)14-4-2-1-3-5-14/h6-14H,1-5H2,(H,21,22). The maximum atomic E-state index is 12.2. The van der Waals surface area contributed by atoms with Gasteiger partial charge in [-0.15, -0.1) is 0 Å². The molecule has 1 aliphatic carbocycles. The maximum absolute atomic E-state index is 12.2. The zero-order valence-electron chi connectivity index (χ0n) is 12.5. The third kappa shape index (κ3) is 3.69. The molecule has 0 radical (unpaired) electrons. The van der Waals surface area contributed by atoms with Crippen molar-refractivity contribution in [1.29, 1.82) is 0 Å². The molecule has 2 nitrogen and oxygen atoms in total. The van der Waals surface area contributed by atoms with Gasteiger partial charge in [0.05, 0.1) is 0 Å². The average Bonchev–Trinajstić information content (AvgIpc) is 2.57. The van der Waals surface area contributed by atoms with E-state index >= 15 is 0 Å². The number of rotatable bonds is 3. The summed E-state index contributed by atoms with van der Waals surface area (Å²) < 4.78 is 0. The summed E-state index contributed by atoms with van der Waals surface area (Å²) in [5.41, 5.74) is 2.84. The van der Waals surface area contributed by atoms with E-state index in [1.165, 1.54) is 37.7 Å². The van der Waals surface area contributed by atoms with E-state index in [2.05, 4.69) is 17.4 Å². The molecule has 0 saturated heterocycles. The normalized spacial score (nSPS) is 15.5. The number of amides is 1. The fourth-order valence-corrected chi connectivity index (χ4v) is 3.21. The van der Waals surface area contributed by atoms with E-state index in [-0.39, 0.29) is 5.91 Å². The van der Waals surface area contributed by atoms with Gasteiger partial charge in [0.25, 0.3) is 5.91 Å². The molecule has 1 fully saturated rings. The van der Waals surface area contributed by atoms with Crippen LogP contribution in [0.15, 0.2) is 48.5 Å². The van der Waals surface area contributed by atoms with Crippen LogP contribution in [0.1, 0.15) is 53.9 Å². The summed E-state index contributed by atoms with van der Waals surface area (Å²) in [7, 11) is 0. The second-order valence-electron chi connectivity index (χ2n) is 5.92. The third-order valence-electron chi connectivity index (χ3n) is 4.35. The van der Waals surface area contributed by atoms with Crippen LogP contribution in [0.25, 0.3) is 0 Å². The lowest BCUT2D eigenvalue weighted by molar-refractivity contribution is 0.102. The fraction of sp³-hybridized carbons (Fsp3) is 0.316. The maximum Gasteiger partial charge on any atom is 0.255 e. The van der Waals surface area contributed by atoms with Crippen LogP contribution in [0.5, 0.6) is 0 Å². The van der Waals surface area contributed by atoms with Gasteiger partial charge in [0, 0.05) is 16.3 Å². The molecule has 114 valence electrons. The van der Waals surface area contributed by atoms with Gasteiger partial charge >= 0.3 is 0 Å². The number of halogens is 1. The SMILES string of the molecule is O=C(Nc1ccc(C2CCCCC2)cc1)c1ccc(Cl)cc1. The van der Waals surface area contributed by atoms with E-state index in [0.717, 1.165) is 5.69 Å². The summed E-state index contributed by atoms with van der Waals surface area (Å²) in [6, 6.07) is 15.2. The number of nitrogens with one attached hydrogen (secondary N) is 1. The number of carbonyl (C=O) groups excluding carboxylic acids is 1. The summed E-state index contributed by atoms with van der Waals surface area (Å²) in [5, 5.41) is 3.56. The van der Waals surface area contributed by atoms with Crippen molar-refractivity contribution in [1.82, 2.24) is 0 Å².